The second-order valence-electron chi connectivity index (χ2n) is 2.63. The summed E-state index contributed by atoms with van der Waals surface area (Å²) < 4.78 is 0. The molecule has 0 heterocycles. The Hall–Kier alpha value is -0.830. The number of carbonyl (C=O) groups is 1. The van der Waals surface area contributed by atoms with E-state index >= 15 is 0 Å². The van der Waals surface area contributed by atoms with Crippen molar-refractivity contribution in [1.29, 1.82) is 0 Å². The number of hydrogen-bond donors (Lipinski definition) is 2. The average molecular weight is 156 g/mol. The first-order valence-electron chi connectivity index (χ1n) is 3.78. The SMILES string of the molecule is CC/C=C(\C)C(N)CC(N)=O. The minimum Gasteiger partial charge on any atom is -0.370 e. The zero-order chi connectivity index (χ0) is 8.85. The van der Waals surface area contributed by atoms with Crippen LogP contribution in [0.1, 0.15) is 26.7 Å². The Morgan fingerprint density at radius 1 is 1.64 bits per heavy atom. The smallest absolute Gasteiger partial charge is 0.219 e. The third kappa shape index (κ3) is 4.56. The fourth-order valence-corrected chi connectivity index (χ4v) is 0.851. The standard InChI is InChI=1S/C8H16N2O/c1-3-4-6(2)7(9)5-8(10)11/h4,7H,3,5,9H2,1-2H3,(H2,10,11)/b6-4+. The van der Waals surface area contributed by atoms with E-state index in [0.717, 1.165) is 12.0 Å². The number of nitrogens with two attached hydrogens (primary N) is 2. The lowest BCUT2D eigenvalue weighted by atomic mass is 10.1. The summed E-state index contributed by atoms with van der Waals surface area (Å²) in [6.45, 7) is 3.94. The van der Waals surface area contributed by atoms with Crippen molar-refractivity contribution in [1.82, 2.24) is 0 Å². The van der Waals surface area contributed by atoms with E-state index in [1.54, 1.807) is 0 Å². The molecule has 0 aromatic rings. The molecule has 0 bridgehead atoms. The third-order valence-electron chi connectivity index (χ3n) is 1.53. The van der Waals surface area contributed by atoms with Crippen LogP contribution in [0.5, 0.6) is 0 Å². The van der Waals surface area contributed by atoms with Crippen LogP contribution in [0.3, 0.4) is 0 Å². The lowest BCUT2D eigenvalue weighted by Crippen LogP contribution is -2.28. The highest BCUT2D eigenvalue weighted by atomic mass is 16.1. The molecule has 1 amide bonds. The molecular formula is C8H16N2O. The summed E-state index contributed by atoms with van der Waals surface area (Å²) in [4.78, 5) is 10.4. The van der Waals surface area contributed by atoms with E-state index in [0.29, 0.717) is 0 Å². The number of primary amides is 1. The Labute approximate surface area is 67.4 Å². The molecule has 0 rings (SSSR count). The van der Waals surface area contributed by atoms with Gasteiger partial charge in [0.25, 0.3) is 0 Å². The topological polar surface area (TPSA) is 69.1 Å². The van der Waals surface area contributed by atoms with E-state index in [2.05, 4.69) is 0 Å². The molecule has 0 aromatic heterocycles. The highest BCUT2D eigenvalue weighted by molar-refractivity contribution is 5.74. The maximum absolute atomic E-state index is 10.4. The number of rotatable bonds is 4. The molecular weight excluding hydrogens is 140 g/mol. The molecule has 64 valence electrons. The van der Waals surface area contributed by atoms with Crippen molar-refractivity contribution >= 4 is 5.91 Å². The van der Waals surface area contributed by atoms with Gasteiger partial charge in [0.05, 0.1) is 0 Å². The van der Waals surface area contributed by atoms with Gasteiger partial charge in [-0.2, -0.15) is 0 Å². The lowest BCUT2D eigenvalue weighted by Gasteiger charge is -2.08. The molecule has 0 fully saturated rings. The summed E-state index contributed by atoms with van der Waals surface area (Å²) in [5.41, 5.74) is 11.6. The van der Waals surface area contributed by atoms with E-state index in [9.17, 15) is 4.79 Å². The second kappa shape index (κ2) is 4.91. The highest BCUT2D eigenvalue weighted by Crippen LogP contribution is 2.03. The van der Waals surface area contributed by atoms with Gasteiger partial charge in [0.2, 0.25) is 5.91 Å². The zero-order valence-electron chi connectivity index (χ0n) is 7.13. The Morgan fingerprint density at radius 3 is 2.55 bits per heavy atom. The Kier molecular flexibility index (Phi) is 4.54. The Morgan fingerprint density at radius 2 is 2.18 bits per heavy atom. The van der Waals surface area contributed by atoms with Crippen molar-refractivity contribution in [2.45, 2.75) is 32.7 Å². The molecule has 0 aliphatic carbocycles. The average Bonchev–Trinajstić information content (AvgIpc) is 1.86. The van der Waals surface area contributed by atoms with Crippen molar-refractivity contribution in [3.8, 4) is 0 Å². The first-order valence-corrected chi connectivity index (χ1v) is 3.78. The molecule has 3 heteroatoms. The molecule has 0 aliphatic heterocycles. The molecule has 4 N–H and O–H groups in total. The van der Waals surface area contributed by atoms with Crippen LogP contribution in [0.2, 0.25) is 0 Å². The zero-order valence-corrected chi connectivity index (χ0v) is 7.13. The lowest BCUT2D eigenvalue weighted by molar-refractivity contribution is -0.118. The summed E-state index contributed by atoms with van der Waals surface area (Å²) >= 11 is 0. The highest BCUT2D eigenvalue weighted by Gasteiger charge is 2.06. The molecule has 11 heavy (non-hydrogen) atoms. The Bertz CT molecular complexity index is 163. The fraction of sp³-hybridized carbons (Fsp3) is 0.625. The van der Waals surface area contributed by atoms with Crippen molar-refractivity contribution in [3.63, 3.8) is 0 Å². The molecule has 0 aliphatic rings. The van der Waals surface area contributed by atoms with Crippen LogP contribution in [0.4, 0.5) is 0 Å². The van der Waals surface area contributed by atoms with Gasteiger partial charge in [-0.1, -0.05) is 18.6 Å². The minimum absolute atomic E-state index is 0.201. The monoisotopic (exact) mass is 156 g/mol. The molecule has 0 spiro atoms. The van der Waals surface area contributed by atoms with Gasteiger partial charge in [0, 0.05) is 12.5 Å². The van der Waals surface area contributed by atoms with Crippen LogP contribution >= 0.6 is 0 Å². The molecule has 0 saturated heterocycles. The van der Waals surface area contributed by atoms with Crippen LogP contribution in [-0.4, -0.2) is 11.9 Å². The first-order chi connectivity index (χ1) is 5.07. The molecule has 0 radical (unpaired) electrons. The predicted octanol–water partition coefficient (Wildman–Crippen LogP) is 0.545. The van der Waals surface area contributed by atoms with Gasteiger partial charge in [0.15, 0.2) is 0 Å². The number of allylic oxidation sites excluding steroid dienone is 1. The first kappa shape index (κ1) is 10.2. The van der Waals surface area contributed by atoms with Crippen LogP contribution in [0.15, 0.2) is 11.6 Å². The van der Waals surface area contributed by atoms with Gasteiger partial charge >= 0.3 is 0 Å². The van der Waals surface area contributed by atoms with Gasteiger partial charge in [0.1, 0.15) is 0 Å². The molecule has 0 saturated carbocycles. The van der Waals surface area contributed by atoms with Gasteiger partial charge in [-0.3, -0.25) is 4.79 Å². The summed E-state index contributed by atoms with van der Waals surface area (Å²) in [6, 6.07) is -0.201. The van der Waals surface area contributed by atoms with E-state index < -0.39 is 0 Å². The summed E-state index contributed by atoms with van der Waals surface area (Å²) in [5.74, 6) is -0.346. The van der Waals surface area contributed by atoms with Gasteiger partial charge in [-0.25, -0.2) is 0 Å². The van der Waals surface area contributed by atoms with Crippen molar-refractivity contribution in [2.75, 3.05) is 0 Å². The number of carbonyl (C=O) groups excluding carboxylic acids is 1. The normalized spacial score (nSPS) is 14.6. The maximum atomic E-state index is 10.4. The third-order valence-corrected chi connectivity index (χ3v) is 1.53. The van der Waals surface area contributed by atoms with Crippen molar-refractivity contribution in [3.05, 3.63) is 11.6 Å². The van der Waals surface area contributed by atoms with E-state index in [1.165, 1.54) is 0 Å². The van der Waals surface area contributed by atoms with Crippen LogP contribution < -0.4 is 11.5 Å². The molecule has 1 atom stereocenters. The fourth-order valence-electron chi connectivity index (χ4n) is 0.851. The number of hydrogen-bond acceptors (Lipinski definition) is 2. The minimum atomic E-state index is -0.346. The van der Waals surface area contributed by atoms with E-state index in [4.69, 9.17) is 11.5 Å². The molecule has 1 unspecified atom stereocenters. The van der Waals surface area contributed by atoms with Crippen molar-refractivity contribution < 1.29 is 4.79 Å². The quantitative estimate of drug-likeness (QED) is 0.583. The van der Waals surface area contributed by atoms with Crippen LogP contribution in [-0.2, 0) is 4.79 Å². The predicted molar refractivity (Wildman–Crippen MR) is 45.8 cm³/mol. The second-order valence-corrected chi connectivity index (χ2v) is 2.63. The summed E-state index contributed by atoms with van der Waals surface area (Å²) in [5, 5.41) is 0. The summed E-state index contributed by atoms with van der Waals surface area (Å²) in [7, 11) is 0. The van der Waals surface area contributed by atoms with Crippen molar-refractivity contribution in [2.24, 2.45) is 11.5 Å². The molecule has 0 aromatic carbocycles. The number of amides is 1. The van der Waals surface area contributed by atoms with Gasteiger partial charge < -0.3 is 11.5 Å². The largest absolute Gasteiger partial charge is 0.370 e. The summed E-state index contributed by atoms with van der Waals surface area (Å²) in [6.07, 6.45) is 3.19. The van der Waals surface area contributed by atoms with E-state index in [-0.39, 0.29) is 18.4 Å². The van der Waals surface area contributed by atoms with Crippen LogP contribution in [0.25, 0.3) is 0 Å². The van der Waals surface area contributed by atoms with Gasteiger partial charge in [-0.15, -0.1) is 0 Å². The van der Waals surface area contributed by atoms with Crippen LogP contribution in [0, 0.1) is 0 Å². The van der Waals surface area contributed by atoms with E-state index in [1.807, 2.05) is 19.9 Å². The Balaban J connectivity index is 3.92. The molecule has 3 nitrogen and oxygen atoms in total. The maximum Gasteiger partial charge on any atom is 0.219 e. The van der Waals surface area contributed by atoms with Gasteiger partial charge in [-0.05, 0) is 13.3 Å².